The Kier molecular flexibility index (Phi) is 22.3. The van der Waals surface area contributed by atoms with E-state index in [1.807, 2.05) is 48.5 Å². The van der Waals surface area contributed by atoms with Gasteiger partial charge in [-0.05, 0) is 104 Å². The first-order valence-corrected chi connectivity index (χ1v) is 23.0. The van der Waals surface area contributed by atoms with Gasteiger partial charge in [0.15, 0.2) is 28.4 Å². The summed E-state index contributed by atoms with van der Waals surface area (Å²) in [4.78, 5) is 35.5. The van der Waals surface area contributed by atoms with Crippen LogP contribution in [0.4, 0.5) is 17.3 Å². The summed E-state index contributed by atoms with van der Waals surface area (Å²) in [5.41, 5.74) is 21.5. The highest BCUT2D eigenvalue weighted by molar-refractivity contribution is 6.31. The fraction of sp³-hybridized carbons (Fsp3) is 0.511. The number of hydrogen-bond acceptors (Lipinski definition) is 14. The lowest BCUT2D eigenvalue weighted by atomic mass is 9.93. The number of hydrogen-bond donors (Lipinski definition) is 12. The van der Waals surface area contributed by atoms with Gasteiger partial charge in [-0.2, -0.15) is 0 Å². The number of carbonyl (C=O) groups is 2. The fourth-order valence-corrected chi connectivity index (χ4v) is 7.76. The molecule has 1 heterocycles. The second-order valence-electron chi connectivity index (χ2n) is 16.6. The molecule has 65 heavy (non-hydrogen) atoms. The lowest BCUT2D eigenvalue weighted by Crippen LogP contribution is -2.50. The highest BCUT2D eigenvalue weighted by Crippen LogP contribution is 2.26. The van der Waals surface area contributed by atoms with Crippen LogP contribution in [-0.4, -0.2) is 121 Å². The number of fused-ring (bicyclic) bond motifs is 1. The maximum Gasteiger partial charge on any atom is 0.280 e. The van der Waals surface area contributed by atoms with Crippen LogP contribution in [-0.2, 0) is 24.1 Å². The third kappa shape index (κ3) is 17.1. The lowest BCUT2D eigenvalue weighted by molar-refractivity contribution is -0.119. The van der Waals surface area contributed by atoms with Crippen molar-refractivity contribution >= 4 is 57.5 Å². The van der Waals surface area contributed by atoms with Gasteiger partial charge in [0.1, 0.15) is 18.3 Å². The maximum atomic E-state index is 13.2. The van der Waals surface area contributed by atoms with Crippen LogP contribution in [0.25, 0.3) is 10.8 Å². The molecule has 4 aromatic rings. The van der Waals surface area contributed by atoms with Crippen molar-refractivity contribution in [2.45, 2.75) is 121 Å². The highest BCUT2D eigenvalue weighted by atomic mass is 35.5. The minimum Gasteiger partial charge on any atom is -0.394 e. The standard InChI is InChI=1S/C47H69ClN10O7/c1-2-3-4-12-25-58(28-37(60)40(62)41(63)38(61)29-59)26-13-6-5-7-14-30-18-22-33(23-19-30)54-45(64)36(49)27-32-21-20-31(34-16-8-9-17-35(32)34)15-10-11-24-53-47(52)57-46(65)39-43(50)56-44(51)42(48)55-39/h8-9,16-23,36-38,40-41,59-63H,2-7,10-15,24-29,49H2,1H3,(H,54,64)(H4,50,51,56)(H3,52,53,57,65)/t36-,37-,38+,40+,41+/m0/s1. The summed E-state index contributed by atoms with van der Waals surface area (Å²) in [5.74, 6) is -1.48. The Hall–Kier alpha value is -4.98. The average Bonchev–Trinajstić information content (AvgIpc) is 3.29. The van der Waals surface area contributed by atoms with E-state index in [2.05, 4.69) is 49.9 Å². The van der Waals surface area contributed by atoms with Crippen LogP contribution in [0.1, 0.15) is 98.3 Å². The number of aliphatic hydroxyl groups excluding tert-OH is 5. The molecule has 0 saturated carbocycles. The topological polar surface area (TPSA) is 302 Å². The Labute approximate surface area is 386 Å². The van der Waals surface area contributed by atoms with Gasteiger partial charge < -0.3 is 58.3 Å². The lowest BCUT2D eigenvalue weighted by Gasteiger charge is -2.30. The van der Waals surface area contributed by atoms with Gasteiger partial charge in [-0.15, -0.1) is 0 Å². The van der Waals surface area contributed by atoms with Gasteiger partial charge in [-0.25, -0.2) is 9.97 Å². The minimum atomic E-state index is -1.63. The van der Waals surface area contributed by atoms with Crippen molar-refractivity contribution in [2.24, 2.45) is 5.73 Å². The molecular formula is C47H69ClN10O7. The van der Waals surface area contributed by atoms with E-state index in [-0.39, 0.29) is 40.9 Å². The first kappa shape index (κ1) is 52.6. The molecular weight excluding hydrogens is 852 g/mol. The number of carbonyl (C=O) groups excluding carboxylic acids is 2. The molecule has 4 rings (SSSR count). The number of nitrogens with two attached hydrogens (primary N) is 3. The minimum absolute atomic E-state index is 0.0910. The highest BCUT2D eigenvalue weighted by Gasteiger charge is 2.31. The number of rotatable bonds is 28. The molecule has 0 aliphatic heterocycles. The third-order valence-corrected chi connectivity index (χ3v) is 11.7. The number of guanidine groups is 1. The summed E-state index contributed by atoms with van der Waals surface area (Å²) in [7, 11) is 0. The molecule has 0 fully saturated rings. The molecule has 0 bridgehead atoms. The van der Waals surface area contributed by atoms with E-state index in [0.717, 1.165) is 112 Å². The molecule has 0 aliphatic carbocycles. The summed E-state index contributed by atoms with van der Waals surface area (Å²) >= 11 is 5.86. The van der Waals surface area contributed by atoms with Crippen molar-refractivity contribution in [1.82, 2.24) is 25.5 Å². The number of nitrogens with zero attached hydrogens (tertiary/aromatic N) is 3. The first-order chi connectivity index (χ1) is 31.2. The third-order valence-electron chi connectivity index (χ3n) is 11.4. The Bertz CT molecular complexity index is 2110. The largest absolute Gasteiger partial charge is 0.394 e. The summed E-state index contributed by atoms with van der Waals surface area (Å²) in [6.07, 6.45) is 5.81. The molecule has 0 unspecified atom stereocenters. The number of aromatic nitrogens is 2. The van der Waals surface area contributed by atoms with Crippen molar-refractivity contribution in [2.75, 3.05) is 49.6 Å². The van der Waals surface area contributed by atoms with Gasteiger partial charge in [0.25, 0.3) is 5.91 Å². The number of aliphatic hydroxyl groups is 5. The molecule has 17 nitrogen and oxygen atoms in total. The van der Waals surface area contributed by atoms with Crippen LogP contribution in [0.15, 0.2) is 60.7 Å². The van der Waals surface area contributed by atoms with Crippen molar-refractivity contribution in [3.63, 3.8) is 0 Å². The number of anilines is 3. The Morgan fingerprint density at radius 1 is 0.769 bits per heavy atom. The number of amides is 2. The van der Waals surface area contributed by atoms with E-state index < -0.39 is 43.0 Å². The van der Waals surface area contributed by atoms with Gasteiger partial charge in [0, 0.05) is 18.8 Å². The van der Waals surface area contributed by atoms with Crippen LogP contribution < -0.4 is 33.2 Å². The molecule has 3 aromatic carbocycles. The predicted octanol–water partition coefficient (Wildman–Crippen LogP) is 3.65. The van der Waals surface area contributed by atoms with Gasteiger partial charge in [-0.3, -0.25) is 20.3 Å². The SMILES string of the molecule is CCCCCCN(CCCCCCc1ccc(NC(=O)[C@@H](N)Cc2ccc(CCCCNC(=N)NC(=O)c3nc(Cl)c(N)nc3N)c3ccccc23)cc1)C[C@H](O)[C@@H](O)[C@H](O)[C@H](O)CO. The van der Waals surface area contributed by atoms with E-state index in [4.69, 9.17) is 39.3 Å². The molecule has 18 heteroatoms. The van der Waals surface area contributed by atoms with Crippen LogP contribution in [0.2, 0.25) is 5.15 Å². The first-order valence-electron chi connectivity index (χ1n) is 22.6. The van der Waals surface area contributed by atoms with Crippen molar-refractivity contribution in [1.29, 1.82) is 5.41 Å². The molecule has 5 atom stereocenters. The number of nitrogens with one attached hydrogen (secondary N) is 4. The normalized spacial score (nSPS) is 13.9. The van der Waals surface area contributed by atoms with Crippen LogP contribution in [0.3, 0.4) is 0 Å². The molecule has 0 aliphatic rings. The van der Waals surface area contributed by atoms with Crippen molar-refractivity contribution in [3.8, 4) is 0 Å². The van der Waals surface area contributed by atoms with Gasteiger partial charge in [-0.1, -0.05) is 99.2 Å². The molecule has 1 aromatic heterocycles. The Morgan fingerprint density at radius 3 is 2.06 bits per heavy atom. The van der Waals surface area contributed by atoms with E-state index in [1.54, 1.807) is 0 Å². The van der Waals surface area contributed by atoms with Crippen LogP contribution in [0.5, 0.6) is 0 Å². The molecule has 2 amide bonds. The summed E-state index contributed by atoms with van der Waals surface area (Å²) in [6.45, 7) is 3.56. The molecule has 0 spiro atoms. The number of aryl methyl sites for hydroxylation is 2. The van der Waals surface area contributed by atoms with Gasteiger partial charge >= 0.3 is 0 Å². The van der Waals surface area contributed by atoms with Crippen LogP contribution in [0, 0.1) is 5.41 Å². The smallest absolute Gasteiger partial charge is 0.280 e. The zero-order chi connectivity index (χ0) is 47.3. The summed E-state index contributed by atoms with van der Waals surface area (Å²) in [5, 5.41) is 68.0. The zero-order valence-corrected chi connectivity index (χ0v) is 38.1. The van der Waals surface area contributed by atoms with E-state index >= 15 is 0 Å². The quantitative estimate of drug-likeness (QED) is 0.0220. The van der Waals surface area contributed by atoms with E-state index in [1.165, 1.54) is 5.56 Å². The molecule has 0 radical (unpaired) electrons. The zero-order valence-electron chi connectivity index (χ0n) is 37.4. The van der Waals surface area contributed by atoms with Crippen LogP contribution >= 0.6 is 11.6 Å². The number of nitrogen functional groups attached to an aromatic ring is 2. The monoisotopic (exact) mass is 921 g/mol. The second-order valence-corrected chi connectivity index (χ2v) is 17.0. The second kappa shape index (κ2) is 27.5. The van der Waals surface area contributed by atoms with E-state index in [0.29, 0.717) is 18.7 Å². The Balaban J connectivity index is 1.17. The van der Waals surface area contributed by atoms with Gasteiger partial charge in [0.2, 0.25) is 5.91 Å². The maximum absolute atomic E-state index is 13.2. The molecule has 356 valence electrons. The summed E-state index contributed by atoms with van der Waals surface area (Å²) < 4.78 is 0. The van der Waals surface area contributed by atoms with Crippen molar-refractivity contribution in [3.05, 3.63) is 88.2 Å². The number of unbranched alkanes of at least 4 members (excludes halogenated alkanes) is 7. The molecule has 15 N–H and O–H groups in total. The molecule has 0 saturated heterocycles. The average molecular weight is 922 g/mol. The number of halogens is 1. The van der Waals surface area contributed by atoms with Crippen molar-refractivity contribution < 1.29 is 35.1 Å². The summed E-state index contributed by atoms with van der Waals surface area (Å²) in [6, 6.07) is 19.2. The number of benzene rings is 3. The van der Waals surface area contributed by atoms with Gasteiger partial charge in [0.05, 0.1) is 18.8 Å². The Morgan fingerprint density at radius 2 is 1.38 bits per heavy atom. The van der Waals surface area contributed by atoms with E-state index in [9.17, 15) is 30.0 Å². The predicted molar refractivity (Wildman–Crippen MR) is 257 cm³/mol. The fourth-order valence-electron chi connectivity index (χ4n) is 7.63.